The van der Waals surface area contributed by atoms with Crippen LogP contribution in [0.4, 0.5) is 0 Å². The Labute approximate surface area is 94.6 Å². The number of hydrogen-bond acceptors (Lipinski definition) is 4. The number of aromatic nitrogens is 2. The molecule has 2 rings (SSSR count). The van der Waals surface area contributed by atoms with Crippen LogP contribution in [0.15, 0.2) is 35.4 Å². The second-order valence-corrected chi connectivity index (χ2v) is 4.27. The first-order valence-corrected chi connectivity index (χ1v) is 5.32. The van der Waals surface area contributed by atoms with Crippen LogP contribution < -0.4 is 5.69 Å². The summed E-state index contributed by atoms with van der Waals surface area (Å²) in [5, 5.41) is 8.75. The molecule has 2 heterocycles. The van der Waals surface area contributed by atoms with Gasteiger partial charge < -0.3 is 5.11 Å². The minimum Gasteiger partial charge on any atom is -0.477 e. The van der Waals surface area contributed by atoms with E-state index in [9.17, 15) is 9.59 Å². The van der Waals surface area contributed by atoms with Gasteiger partial charge in [0.15, 0.2) is 0 Å². The van der Waals surface area contributed by atoms with Crippen LogP contribution in [0.3, 0.4) is 0 Å². The molecule has 0 saturated carbocycles. The molecule has 0 amide bonds. The number of carboxylic acids is 1. The molecule has 2 aromatic heterocycles. The van der Waals surface area contributed by atoms with E-state index in [1.165, 1.54) is 16.8 Å². The highest BCUT2D eigenvalue weighted by Crippen LogP contribution is 2.16. The molecular formula is C10H8N2O3S. The highest BCUT2D eigenvalue weighted by atomic mass is 32.1. The van der Waals surface area contributed by atoms with E-state index < -0.39 is 5.97 Å². The first-order chi connectivity index (χ1) is 7.66. The highest BCUT2D eigenvalue weighted by molar-refractivity contribution is 7.13. The molecule has 2 aromatic rings. The van der Waals surface area contributed by atoms with Crippen LogP contribution in [-0.4, -0.2) is 20.6 Å². The van der Waals surface area contributed by atoms with Gasteiger partial charge in [0.2, 0.25) is 0 Å². The predicted molar refractivity (Wildman–Crippen MR) is 58.9 cm³/mol. The van der Waals surface area contributed by atoms with Crippen molar-refractivity contribution >= 4 is 17.3 Å². The van der Waals surface area contributed by atoms with Gasteiger partial charge in [0.1, 0.15) is 4.88 Å². The number of carboxylic acid groups (broad SMARTS) is 1. The van der Waals surface area contributed by atoms with Crippen LogP contribution >= 0.6 is 11.3 Å². The maximum absolute atomic E-state index is 11.3. The summed E-state index contributed by atoms with van der Waals surface area (Å²) in [5.74, 6) is -0.949. The molecule has 1 N–H and O–H groups in total. The van der Waals surface area contributed by atoms with Crippen LogP contribution in [0.2, 0.25) is 0 Å². The van der Waals surface area contributed by atoms with Crippen LogP contribution in [-0.2, 0) is 6.54 Å². The minimum absolute atomic E-state index is 0.270. The van der Waals surface area contributed by atoms with Gasteiger partial charge in [-0.15, -0.1) is 11.3 Å². The van der Waals surface area contributed by atoms with Gasteiger partial charge in [0.05, 0.1) is 6.54 Å². The summed E-state index contributed by atoms with van der Waals surface area (Å²) in [4.78, 5) is 26.7. The molecule has 0 fully saturated rings. The van der Waals surface area contributed by atoms with E-state index in [2.05, 4.69) is 4.98 Å². The topological polar surface area (TPSA) is 72.2 Å². The second-order valence-electron chi connectivity index (χ2n) is 3.10. The molecule has 0 saturated heterocycles. The maximum atomic E-state index is 11.3. The van der Waals surface area contributed by atoms with Crippen LogP contribution in [0.1, 0.15) is 14.5 Å². The summed E-state index contributed by atoms with van der Waals surface area (Å²) >= 11 is 1.16. The van der Waals surface area contributed by atoms with Crippen molar-refractivity contribution in [3.63, 3.8) is 0 Å². The van der Waals surface area contributed by atoms with Crippen molar-refractivity contribution in [3.05, 3.63) is 50.8 Å². The lowest BCUT2D eigenvalue weighted by Crippen LogP contribution is -2.21. The monoisotopic (exact) mass is 236 g/mol. The standard InChI is InChI=1S/C10H8N2O3S/c13-9(14)8-3-2-7(16-8)6-12-5-1-4-11-10(12)15/h1-5H,6H2,(H,13,14). The van der Waals surface area contributed by atoms with Crippen LogP contribution in [0.5, 0.6) is 0 Å². The van der Waals surface area contributed by atoms with E-state index in [4.69, 9.17) is 5.11 Å². The molecule has 0 aliphatic heterocycles. The van der Waals surface area contributed by atoms with Gasteiger partial charge in [-0.3, -0.25) is 4.57 Å². The van der Waals surface area contributed by atoms with Crippen LogP contribution in [0.25, 0.3) is 0 Å². The zero-order chi connectivity index (χ0) is 11.5. The predicted octanol–water partition coefficient (Wildman–Crippen LogP) is 1.05. The number of carbonyl (C=O) groups is 1. The minimum atomic E-state index is -0.949. The molecule has 0 bridgehead atoms. The van der Waals surface area contributed by atoms with Crippen molar-refractivity contribution in [2.75, 3.05) is 0 Å². The lowest BCUT2D eigenvalue weighted by molar-refractivity contribution is 0.0702. The van der Waals surface area contributed by atoms with Gasteiger partial charge >= 0.3 is 11.7 Å². The van der Waals surface area contributed by atoms with E-state index in [-0.39, 0.29) is 10.6 Å². The lowest BCUT2D eigenvalue weighted by atomic mass is 10.4. The fraction of sp³-hybridized carbons (Fsp3) is 0.100. The van der Waals surface area contributed by atoms with E-state index in [0.29, 0.717) is 6.54 Å². The van der Waals surface area contributed by atoms with E-state index in [1.807, 2.05) is 0 Å². The summed E-state index contributed by atoms with van der Waals surface area (Å²) in [6.07, 6.45) is 3.05. The fourth-order valence-electron chi connectivity index (χ4n) is 1.25. The van der Waals surface area contributed by atoms with Crippen molar-refractivity contribution in [2.45, 2.75) is 6.54 Å². The Hall–Kier alpha value is -1.95. The largest absolute Gasteiger partial charge is 0.477 e. The average molecular weight is 236 g/mol. The Bertz CT molecular complexity index is 573. The number of hydrogen-bond donors (Lipinski definition) is 1. The summed E-state index contributed by atoms with van der Waals surface area (Å²) in [5.41, 5.74) is -0.340. The Balaban J connectivity index is 2.24. The Morgan fingerprint density at radius 1 is 1.50 bits per heavy atom. The maximum Gasteiger partial charge on any atom is 0.347 e. The third-order valence-electron chi connectivity index (χ3n) is 1.98. The third kappa shape index (κ3) is 2.17. The van der Waals surface area contributed by atoms with Gasteiger partial charge in [-0.1, -0.05) is 0 Å². The molecular weight excluding hydrogens is 228 g/mol. The zero-order valence-electron chi connectivity index (χ0n) is 8.16. The molecule has 0 atom stereocenters. The van der Waals surface area contributed by atoms with Gasteiger partial charge in [0.25, 0.3) is 0 Å². The van der Waals surface area contributed by atoms with E-state index in [1.54, 1.807) is 18.3 Å². The molecule has 0 unspecified atom stereocenters. The van der Waals surface area contributed by atoms with E-state index >= 15 is 0 Å². The van der Waals surface area contributed by atoms with Crippen molar-refractivity contribution in [1.29, 1.82) is 0 Å². The van der Waals surface area contributed by atoms with Gasteiger partial charge in [-0.2, -0.15) is 0 Å². The molecule has 5 nitrogen and oxygen atoms in total. The molecule has 0 aliphatic rings. The highest BCUT2D eigenvalue weighted by Gasteiger charge is 2.07. The molecule has 6 heteroatoms. The van der Waals surface area contributed by atoms with Crippen molar-refractivity contribution < 1.29 is 9.90 Å². The van der Waals surface area contributed by atoms with Gasteiger partial charge in [-0.05, 0) is 18.2 Å². The molecule has 16 heavy (non-hydrogen) atoms. The Morgan fingerprint density at radius 2 is 2.31 bits per heavy atom. The summed E-state index contributed by atoms with van der Waals surface area (Å²) in [7, 11) is 0. The smallest absolute Gasteiger partial charge is 0.347 e. The molecule has 0 spiro atoms. The first kappa shape index (κ1) is 10.6. The fourth-order valence-corrected chi connectivity index (χ4v) is 2.10. The molecule has 0 aliphatic carbocycles. The lowest BCUT2D eigenvalue weighted by Gasteiger charge is -2.00. The second kappa shape index (κ2) is 4.28. The molecule has 0 aromatic carbocycles. The summed E-state index contributed by atoms with van der Waals surface area (Å²) < 4.78 is 1.43. The molecule has 0 radical (unpaired) electrons. The number of rotatable bonds is 3. The van der Waals surface area contributed by atoms with Crippen molar-refractivity contribution in [3.8, 4) is 0 Å². The van der Waals surface area contributed by atoms with Gasteiger partial charge in [0, 0.05) is 17.3 Å². The average Bonchev–Trinajstić information content (AvgIpc) is 2.70. The van der Waals surface area contributed by atoms with Crippen LogP contribution in [0, 0.1) is 0 Å². The third-order valence-corrected chi connectivity index (χ3v) is 3.04. The van der Waals surface area contributed by atoms with E-state index in [0.717, 1.165) is 16.2 Å². The molecule has 82 valence electrons. The quantitative estimate of drug-likeness (QED) is 0.864. The van der Waals surface area contributed by atoms with Crippen molar-refractivity contribution in [2.24, 2.45) is 0 Å². The van der Waals surface area contributed by atoms with Gasteiger partial charge in [-0.25, -0.2) is 14.6 Å². The number of thiophene rings is 1. The Morgan fingerprint density at radius 3 is 2.94 bits per heavy atom. The van der Waals surface area contributed by atoms with Crippen molar-refractivity contribution in [1.82, 2.24) is 9.55 Å². The zero-order valence-corrected chi connectivity index (χ0v) is 8.98. The number of nitrogens with zero attached hydrogens (tertiary/aromatic N) is 2. The number of aromatic carboxylic acids is 1. The Kier molecular flexibility index (Phi) is 2.82. The SMILES string of the molecule is O=C(O)c1ccc(Cn2cccnc2=O)s1. The first-order valence-electron chi connectivity index (χ1n) is 4.50. The summed E-state index contributed by atoms with van der Waals surface area (Å²) in [6.45, 7) is 0.352. The summed E-state index contributed by atoms with van der Waals surface area (Å²) in [6, 6.07) is 4.89. The normalized spacial score (nSPS) is 10.2.